The van der Waals surface area contributed by atoms with E-state index in [1.807, 2.05) is 0 Å². The van der Waals surface area contributed by atoms with Crippen molar-refractivity contribution in [3.05, 3.63) is 18.2 Å². The number of aromatic nitrogens is 2. The second kappa shape index (κ2) is 5.29. The van der Waals surface area contributed by atoms with Crippen LogP contribution in [0.3, 0.4) is 0 Å². The highest BCUT2D eigenvalue weighted by Gasteiger charge is 2.19. The van der Waals surface area contributed by atoms with E-state index in [2.05, 4.69) is 10.3 Å². The van der Waals surface area contributed by atoms with E-state index >= 15 is 0 Å². The van der Waals surface area contributed by atoms with Crippen molar-refractivity contribution in [1.82, 2.24) is 14.9 Å². The van der Waals surface area contributed by atoms with Gasteiger partial charge in [0.1, 0.15) is 18.0 Å². The molecule has 0 saturated heterocycles. The van der Waals surface area contributed by atoms with E-state index in [0.717, 1.165) is 0 Å². The Kier molecular flexibility index (Phi) is 4.25. The van der Waals surface area contributed by atoms with E-state index in [0.29, 0.717) is 12.2 Å². The summed E-state index contributed by atoms with van der Waals surface area (Å²) in [5.74, 6) is 0. The maximum atomic E-state index is 11.7. The fourth-order valence-corrected chi connectivity index (χ4v) is 1.22. The summed E-state index contributed by atoms with van der Waals surface area (Å²) in [7, 11) is 1.73. The van der Waals surface area contributed by atoms with E-state index < -0.39 is 17.8 Å². The van der Waals surface area contributed by atoms with Gasteiger partial charge >= 0.3 is 6.09 Å². The summed E-state index contributed by atoms with van der Waals surface area (Å²) in [5, 5.41) is 12.5. The summed E-state index contributed by atoms with van der Waals surface area (Å²) in [6.45, 7) is 5.75. The van der Waals surface area contributed by atoms with Gasteiger partial charge < -0.3 is 15.2 Å². The molecule has 0 aliphatic carbocycles. The molecule has 1 rings (SSSR count). The molecule has 0 spiro atoms. The number of ether oxygens (including phenoxy) is 1. The van der Waals surface area contributed by atoms with Gasteiger partial charge in [0.2, 0.25) is 0 Å². The van der Waals surface area contributed by atoms with Gasteiger partial charge in [-0.15, -0.1) is 0 Å². The average Bonchev–Trinajstić information content (AvgIpc) is 2.63. The van der Waals surface area contributed by atoms with Gasteiger partial charge in [-0.1, -0.05) is 0 Å². The zero-order valence-corrected chi connectivity index (χ0v) is 10.6. The van der Waals surface area contributed by atoms with Crippen LogP contribution in [0.2, 0.25) is 0 Å². The van der Waals surface area contributed by atoms with Crippen LogP contribution in [-0.4, -0.2) is 39.9 Å². The van der Waals surface area contributed by atoms with Gasteiger partial charge in [-0.2, -0.15) is 0 Å². The number of hydrogen-bond acceptors (Lipinski definition) is 5. The van der Waals surface area contributed by atoms with Crippen LogP contribution in [0.1, 0.15) is 32.6 Å². The molecular formula is C11H19N3O3. The average molecular weight is 241 g/mol. The molecule has 0 aliphatic heterocycles. The molecule has 96 valence electrons. The minimum Gasteiger partial charge on any atom is -0.443 e. The molecular weight excluding hydrogens is 222 g/mol. The zero-order chi connectivity index (χ0) is 13.1. The SMILES string of the molecule is CNCC(O)c1cn(C(=O)OC(C)(C)C)cn1. The maximum Gasteiger partial charge on any atom is 0.419 e. The van der Waals surface area contributed by atoms with Gasteiger partial charge in [0.15, 0.2) is 0 Å². The lowest BCUT2D eigenvalue weighted by molar-refractivity contribution is 0.0536. The van der Waals surface area contributed by atoms with Crippen LogP contribution in [0.25, 0.3) is 0 Å². The van der Waals surface area contributed by atoms with E-state index in [-0.39, 0.29) is 0 Å². The van der Waals surface area contributed by atoms with Crippen molar-refractivity contribution in [2.45, 2.75) is 32.5 Å². The molecule has 0 amide bonds. The number of carbonyl (C=O) groups excluding carboxylic acids is 1. The quantitative estimate of drug-likeness (QED) is 0.823. The highest BCUT2D eigenvalue weighted by Crippen LogP contribution is 2.12. The molecule has 2 N–H and O–H groups in total. The predicted molar refractivity (Wildman–Crippen MR) is 62.7 cm³/mol. The molecule has 1 heterocycles. The van der Waals surface area contributed by atoms with E-state index in [1.165, 1.54) is 17.1 Å². The summed E-state index contributed by atoms with van der Waals surface area (Å²) >= 11 is 0. The first-order valence-electron chi connectivity index (χ1n) is 5.43. The maximum absolute atomic E-state index is 11.7. The van der Waals surface area contributed by atoms with Crippen molar-refractivity contribution in [2.24, 2.45) is 0 Å². The van der Waals surface area contributed by atoms with Crippen LogP contribution in [0.4, 0.5) is 4.79 Å². The normalized spacial score (nSPS) is 13.5. The fraction of sp³-hybridized carbons (Fsp3) is 0.636. The third-order valence-corrected chi connectivity index (χ3v) is 1.95. The van der Waals surface area contributed by atoms with Crippen LogP contribution in [0.15, 0.2) is 12.5 Å². The first-order chi connectivity index (χ1) is 7.83. The molecule has 1 atom stereocenters. The molecule has 0 fully saturated rings. The minimum atomic E-state index is -0.733. The summed E-state index contributed by atoms with van der Waals surface area (Å²) in [6.07, 6.45) is 1.56. The summed E-state index contributed by atoms with van der Waals surface area (Å²) < 4.78 is 6.39. The highest BCUT2D eigenvalue weighted by atomic mass is 16.6. The largest absolute Gasteiger partial charge is 0.443 e. The van der Waals surface area contributed by atoms with Crippen molar-refractivity contribution in [3.8, 4) is 0 Å². The van der Waals surface area contributed by atoms with Gasteiger partial charge in [-0.3, -0.25) is 0 Å². The Morgan fingerprint density at radius 2 is 2.29 bits per heavy atom. The molecule has 1 unspecified atom stereocenters. The number of nitrogens with zero attached hydrogens (tertiary/aromatic N) is 2. The Morgan fingerprint density at radius 1 is 1.65 bits per heavy atom. The van der Waals surface area contributed by atoms with Crippen LogP contribution >= 0.6 is 0 Å². The predicted octanol–water partition coefficient (Wildman–Crippen LogP) is 0.919. The van der Waals surface area contributed by atoms with Gasteiger partial charge in [0.05, 0.1) is 5.69 Å². The number of rotatable bonds is 3. The second-order valence-electron chi connectivity index (χ2n) is 4.76. The molecule has 0 aliphatic rings. The molecule has 0 radical (unpaired) electrons. The van der Waals surface area contributed by atoms with E-state index in [9.17, 15) is 9.90 Å². The van der Waals surface area contributed by atoms with Crippen molar-refractivity contribution in [2.75, 3.05) is 13.6 Å². The lowest BCUT2D eigenvalue weighted by atomic mass is 10.2. The van der Waals surface area contributed by atoms with Gasteiger partial charge in [0.25, 0.3) is 0 Å². The topological polar surface area (TPSA) is 76.4 Å². The number of nitrogens with one attached hydrogen (secondary N) is 1. The number of imidazole rings is 1. The number of aliphatic hydroxyl groups is 1. The van der Waals surface area contributed by atoms with Gasteiger partial charge in [-0.25, -0.2) is 14.3 Å². The third-order valence-electron chi connectivity index (χ3n) is 1.95. The molecule has 0 aromatic carbocycles. The molecule has 0 saturated carbocycles. The van der Waals surface area contributed by atoms with Crippen molar-refractivity contribution in [1.29, 1.82) is 0 Å². The molecule has 0 bridgehead atoms. The van der Waals surface area contributed by atoms with Gasteiger partial charge in [-0.05, 0) is 27.8 Å². The van der Waals surface area contributed by atoms with Crippen LogP contribution < -0.4 is 5.32 Å². The van der Waals surface area contributed by atoms with Crippen LogP contribution in [-0.2, 0) is 4.74 Å². The van der Waals surface area contributed by atoms with Crippen molar-refractivity contribution >= 4 is 6.09 Å². The Hall–Kier alpha value is -1.40. The summed E-state index contributed by atoms with van der Waals surface area (Å²) in [4.78, 5) is 15.6. The first-order valence-corrected chi connectivity index (χ1v) is 5.43. The number of carbonyl (C=O) groups is 1. The number of aliphatic hydroxyl groups excluding tert-OH is 1. The Bertz CT molecular complexity index is 382. The highest BCUT2D eigenvalue weighted by molar-refractivity contribution is 5.70. The molecule has 6 nitrogen and oxygen atoms in total. The number of hydrogen-bond donors (Lipinski definition) is 2. The Labute approximate surface area is 101 Å². The monoisotopic (exact) mass is 241 g/mol. The van der Waals surface area contributed by atoms with Crippen LogP contribution in [0, 0.1) is 0 Å². The zero-order valence-electron chi connectivity index (χ0n) is 10.6. The second-order valence-corrected chi connectivity index (χ2v) is 4.76. The van der Waals surface area contributed by atoms with Crippen molar-refractivity contribution in [3.63, 3.8) is 0 Å². The van der Waals surface area contributed by atoms with Crippen molar-refractivity contribution < 1.29 is 14.6 Å². The first kappa shape index (κ1) is 13.7. The minimum absolute atomic E-state index is 0.380. The van der Waals surface area contributed by atoms with E-state index in [1.54, 1.807) is 27.8 Å². The molecule has 1 aromatic rings. The molecule has 1 aromatic heterocycles. The fourth-order valence-electron chi connectivity index (χ4n) is 1.22. The third kappa shape index (κ3) is 4.16. The Morgan fingerprint density at radius 3 is 2.82 bits per heavy atom. The van der Waals surface area contributed by atoms with Crippen LogP contribution in [0.5, 0.6) is 0 Å². The number of likely N-dealkylation sites (N-methyl/N-ethyl adjacent to an activating group) is 1. The molecule has 6 heteroatoms. The smallest absolute Gasteiger partial charge is 0.419 e. The standard InChI is InChI=1S/C11H19N3O3/c1-11(2,3)17-10(16)14-6-8(13-7-14)9(15)5-12-4/h6-7,9,12,15H,5H2,1-4H3. The lowest BCUT2D eigenvalue weighted by Crippen LogP contribution is -2.26. The Balaban J connectivity index is 2.71. The summed E-state index contributed by atoms with van der Waals surface area (Å²) in [5.41, 5.74) is -0.115. The summed E-state index contributed by atoms with van der Waals surface area (Å²) in [6, 6.07) is 0. The van der Waals surface area contributed by atoms with Gasteiger partial charge in [0, 0.05) is 12.7 Å². The van der Waals surface area contributed by atoms with E-state index in [4.69, 9.17) is 4.74 Å². The lowest BCUT2D eigenvalue weighted by Gasteiger charge is -2.19. The molecule has 17 heavy (non-hydrogen) atoms.